The summed E-state index contributed by atoms with van der Waals surface area (Å²) >= 11 is 0. The van der Waals surface area contributed by atoms with E-state index >= 15 is 0 Å². The third-order valence-corrected chi connectivity index (χ3v) is 14.4. The maximum absolute atomic E-state index is 2.57. The molecule has 0 spiro atoms. The third-order valence-electron chi connectivity index (χ3n) is 14.4. The smallest absolute Gasteiger partial charge is 0.000763 e. The summed E-state index contributed by atoms with van der Waals surface area (Å²) in [5.74, 6) is 0. The molecule has 0 heteroatoms. The van der Waals surface area contributed by atoms with Crippen LogP contribution in [0.2, 0.25) is 0 Å². The highest BCUT2D eigenvalue weighted by molar-refractivity contribution is 6.40. The fraction of sp³-hybridized carbons (Fsp3) is 0.129. The maximum atomic E-state index is 2.57. The molecule has 62 heavy (non-hydrogen) atoms. The lowest BCUT2D eigenvalue weighted by atomic mass is 9.79. The Balaban J connectivity index is 1.24. The Bertz CT molecular complexity index is 3640. The standard InChI is InChI=1S/C62H46/c1-61(2,3)38-25-21-36(22-26-38)55-52-33-50-48-31-29-46-44-19-11-13-35-14-12-20-45(54(35)44)47-30-32-49(58(48)57(46)47)51(50)34-53(52)56(37-23-27-39(28-24-37)62(4,5)6)60-43-18-10-8-16-41(43)40-15-7-9-17-42(40)59(55)60/h7-34H,1-6H3. The van der Waals surface area contributed by atoms with Crippen molar-refractivity contribution >= 4 is 86.2 Å². The average molecular weight is 791 g/mol. The first kappa shape index (κ1) is 35.7. The minimum atomic E-state index is 0.0479. The van der Waals surface area contributed by atoms with E-state index in [1.807, 2.05) is 0 Å². The summed E-state index contributed by atoms with van der Waals surface area (Å²) in [5, 5.41) is 21.2. The monoisotopic (exact) mass is 790 g/mol. The van der Waals surface area contributed by atoms with Crippen LogP contribution in [0.3, 0.4) is 0 Å². The third kappa shape index (κ3) is 4.78. The van der Waals surface area contributed by atoms with Gasteiger partial charge in [0.2, 0.25) is 0 Å². The molecule has 0 atom stereocenters. The number of benzene rings is 12. The Kier molecular flexibility index (Phi) is 7.09. The molecular weight excluding hydrogens is 745 g/mol. The van der Waals surface area contributed by atoms with Gasteiger partial charge < -0.3 is 0 Å². The van der Waals surface area contributed by atoms with Crippen LogP contribution in [0.4, 0.5) is 0 Å². The van der Waals surface area contributed by atoms with Crippen LogP contribution in [0.25, 0.3) is 131 Å². The van der Waals surface area contributed by atoms with Gasteiger partial charge in [0.1, 0.15) is 0 Å². The van der Waals surface area contributed by atoms with Crippen molar-refractivity contribution in [2.24, 2.45) is 0 Å². The molecular formula is C62H46. The van der Waals surface area contributed by atoms with Gasteiger partial charge in [-0.25, -0.2) is 0 Å². The minimum absolute atomic E-state index is 0.0479. The molecule has 0 aromatic heterocycles. The van der Waals surface area contributed by atoms with Crippen molar-refractivity contribution in [3.8, 4) is 44.5 Å². The minimum Gasteiger partial charge on any atom is -0.0616 e. The summed E-state index contributed by atoms with van der Waals surface area (Å²) in [6.45, 7) is 13.8. The molecule has 1 aliphatic rings. The summed E-state index contributed by atoms with van der Waals surface area (Å²) in [7, 11) is 0. The SMILES string of the molecule is CC(C)(C)c1ccc(-c2c3cc4c(cc3c(-c3ccc(C(C)(C)C)cc3)c3c5ccccc5c5ccccc5c23)-c2ccc3c5cccc6cccc(c7ccc-4c2c73)c65)cc1. The van der Waals surface area contributed by atoms with Gasteiger partial charge >= 0.3 is 0 Å². The highest BCUT2D eigenvalue weighted by Gasteiger charge is 2.29. The van der Waals surface area contributed by atoms with Gasteiger partial charge in [0.25, 0.3) is 0 Å². The molecule has 0 amide bonds. The van der Waals surface area contributed by atoms with E-state index in [-0.39, 0.29) is 10.8 Å². The first-order valence-electron chi connectivity index (χ1n) is 22.3. The Hall–Kier alpha value is -7.02. The Labute approximate surface area is 362 Å². The summed E-state index contributed by atoms with van der Waals surface area (Å²) in [6.07, 6.45) is 0. The van der Waals surface area contributed by atoms with Crippen LogP contribution >= 0.6 is 0 Å². The van der Waals surface area contributed by atoms with Gasteiger partial charge in [-0.2, -0.15) is 0 Å². The molecule has 0 radical (unpaired) electrons. The number of rotatable bonds is 2. The normalized spacial score (nSPS) is 13.0. The first-order chi connectivity index (χ1) is 30.0. The van der Waals surface area contributed by atoms with Gasteiger partial charge in [0, 0.05) is 0 Å². The van der Waals surface area contributed by atoms with E-state index in [9.17, 15) is 0 Å². The summed E-state index contributed by atoms with van der Waals surface area (Å²) < 4.78 is 0. The van der Waals surface area contributed by atoms with E-state index in [0.717, 1.165) is 0 Å². The van der Waals surface area contributed by atoms with Crippen LogP contribution < -0.4 is 0 Å². The molecule has 1 aliphatic carbocycles. The summed E-state index contributed by atoms with van der Waals surface area (Å²) in [4.78, 5) is 0. The van der Waals surface area contributed by atoms with E-state index in [1.165, 1.54) is 142 Å². The van der Waals surface area contributed by atoms with Crippen LogP contribution in [-0.4, -0.2) is 0 Å². The predicted octanol–water partition coefficient (Wildman–Crippen LogP) is 17.9. The molecule has 0 N–H and O–H groups in total. The van der Waals surface area contributed by atoms with Crippen LogP contribution in [0.1, 0.15) is 52.7 Å². The largest absolute Gasteiger partial charge is 0.0616 e. The Morgan fingerprint density at radius 1 is 0.258 bits per heavy atom. The lowest BCUT2D eigenvalue weighted by molar-refractivity contribution is 0.590. The molecule has 0 saturated carbocycles. The Morgan fingerprint density at radius 2 is 0.629 bits per heavy atom. The molecule has 0 nitrogen and oxygen atoms in total. The average Bonchev–Trinajstić information content (AvgIpc) is 3.60. The van der Waals surface area contributed by atoms with Crippen molar-refractivity contribution in [1.82, 2.24) is 0 Å². The van der Waals surface area contributed by atoms with Gasteiger partial charge in [-0.05, 0) is 165 Å². The molecule has 12 aromatic carbocycles. The van der Waals surface area contributed by atoms with Gasteiger partial charge in [0.05, 0.1) is 0 Å². The highest BCUT2D eigenvalue weighted by Crippen LogP contribution is 2.56. The second kappa shape index (κ2) is 12.3. The molecule has 0 unspecified atom stereocenters. The molecule has 0 heterocycles. The molecule has 0 aliphatic heterocycles. The van der Waals surface area contributed by atoms with Crippen LogP contribution in [0.5, 0.6) is 0 Å². The molecule has 12 aromatic rings. The fourth-order valence-electron chi connectivity index (χ4n) is 11.4. The van der Waals surface area contributed by atoms with E-state index in [4.69, 9.17) is 0 Å². The number of hydrogen-bond acceptors (Lipinski definition) is 0. The lowest BCUT2D eigenvalue weighted by Gasteiger charge is -2.24. The summed E-state index contributed by atoms with van der Waals surface area (Å²) in [5.41, 5.74) is 13.2. The quantitative estimate of drug-likeness (QED) is 0.121. The zero-order valence-electron chi connectivity index (χ0n) is 36.2. The van der Waals surface area contributed by atoms with Crippen LogP contribution in [0.15, 0.2) is 170 Å². The number of fused-ring (bicyclic) bond motifs is 12. The molecule has 294 valence electrons. The van der Waals surface area contributed by atoms with Gasteiger partial charge in [-0.3, -0.25) is 0 Å². The zero-order chi connectivity index (χ0) is 41.8. The van der Waals surface area contributed by atoms with Gasteiger partial charge in [-0.1, -0.05) is 199 Å². The van der Waals surface area contributed by atoms with Crippen molar-refractivity contribution in [3.63, 3.8) is 0 Å². The van der Waals surface area contributed by atoms with E-state index in [0.29, 0.717) is 0 Å². The van der Waals surface area contributed by atoms with Gasteiger partial charge in [-0.15, -0.1) is 0 Å². The van der Waals surface area contributed by atoms with Crippen molar-refractivity contribution in [3.05, 3.63) is 181 Å². The summed E-state index contributed by atoms with van der Waals surface area (Å²) in [6, 6.07) is 65.6. The van der Waals surface area contributed by atoms with Crippen molar-refractivity contribution < 1.29 is 0 Å². The molecule has 0 fully saturated rings. The van der Waals surface area contributed by atoms with Crippen LogP contribution in [-0.2, 0) is 10.8 Å². The Morgan fingerprint density at radius 3 is 1.05 bits per heavy atom. The second-order valence-corrected chi connectivity index (χ2v) is 20.0. The predicted molar refractivity (Wildman–Crippen MR) is 270 cm³/mol. The maximum Gasteiger partial charge on any atom is -0.000763 e. The first-order valence-corrected chi connectivity index (χ1v) is 22.3. The van der Waals surface area contributed by atoms with E-state index < -0.39 is 0 Å². The fourth-order valence-corrected chi connectivity index (χ4v) is 11.4. The highest BCUT2D eigenvalue weighted by atomic mass is 14.3. The molecule has 13 rings (SSSR count). The lowest BCUT2D eigenvalue weighted by Crippen LogP contribution is -2.10. The van der Waals surface area contributed by atoms with E-state index in [2.05, 4.69) is 211 Å². The van der Waals surface area contributed by atoms with Crippen LogP contribution in [0, 0.1) is 0 Å². The van der Waals surface area contributed by atoms with Gasteiger partial charge in [0.15, 0.2) is 0 Å². The zero-order valence-corrected chi connectivity index (χ0v) is 36.2. The van der Waals surface area contributed by atoms with Crippen molar-refractivity contribution in [2.75, 3.05) is 0 Å². The van der Waals surface area contributed by atoms with Crippen molar-refractivity contribution in [2.45, 2.75) is 52.4 Å². The van der Waals surface area contributed by atoms with Crippen molar-refractivity contribution in [1.29, 1.82) is 0 Å². The molecule has 0 saturated heterocycles. The topological polar surface area (TPSA) is 0 Å². The number of hydrogen-bond donors (Lipinski definition) is 0. The van der Waals surface area contributed by atoms with E-state index in [1.54, 1.807) is 0 Å². The second-order valence-electron chi connectivity index (χ2n) is 20.0. The molecule has 0 bridgehead atoms.